The van der Waals surface area contributed by atoms with Crippen molar-refractivity contribution >= 4 is 29.6 Å². The highest BCUT2D eigenvalue weighted by molar-refractivity contribution is 7.80. The molecule has 1 fully saturated rings. The maximum Gasteiger partial charge on any atom is 0.0782 e. The van der Waals surface area contributed by atoms with Crippen LogP contribution < -0.4 is 5.32 Å². The van der Waals surface area contributed by atoms with Crippen molar-refractivity contribution in [2.24, 2.45) is 5.92 Å². The maximum absolute atomic E-state index is 4.93. The van der Waals surface area contributed by atoms with Crippen molar-refractivity contribution in [3.05, 3.63) is 0 Å². The van der Waals surface area contributed by atoms with E-state index in [1.807, 2.05) is 0 Å². The standard InChI is InChI=1S/C5H9NS.ClH/c1-4-2-3-6-5(4)7;/h4H,2-3H2,1H3,(H,6,7);1H. The fourth-order valence-electron chi connectivity index (χ4n) is 0.717. The summed E-state index contributed by atoms with van der Waals surface area (Å²) in [6.45, 7) is 3.24. The van der Waals surface area contributed by atoms with Gasteiger partial charge < -0.3 is 5.32 Å². The Morgan fingerprint density at radius 3 is 2.50 bits per heavy atom. The van der Waals surface area contributed by atoms with Gasteiger partial charge in [-0.1, -0.05) is 19.1 Å². The molecule has 1 nitrogen and oxygen atoms in total. The van der Waals surface area contributed by atoms with E-state index >= 15 is 0 Å². The van der Waals surface area contributed by atoms with Crippen molar-refractivity contribution in [2.45, 2.75) is 13.3 Å². The highest BCUT2D eigenvalue weighted by Crippen LogP contribution is 2.07. The fourth-order valence-corrected chi connectivity index (χ4v) is 0.937. The van der Waals surface area contributed by atoms with Crippen LogP contribution >= 0.6 is 24.6 Å². The second kappa shape index (κ2) is 3.25. The van der Waals surface area contributed by atoms with Gasteiger partial charge in [-0.15, -0.1) is 12.4 Å². The Balaban J connectivity index is 0.000000490. The van der Waals surface area contributed by atoms with Gasteiger partial charge in [0, 0.05) is 12.5 Å². The number of thiocarbonyl (C=S) groups is 1. The summed E-state index contributed by atoms with van der Waals surface area (Å²) in [6.07, 6.45) is 1.22. The van der Waals surface area contributed by atoms with Gasteiger partial charge >= 0.3 is 0 Å². The summed E-state index contributed by atoms with van der Waals surface area (Å²) < 4.78 is 0. The lowest BCUT2D eigenvalue weighted by molar-refractivity contribution is 0.759. The predicted molar refractivity (Wildman–Crippen MR) is 41.6 cm³/mol. The first kappa shape index (κ1) is 8.18. The Bertz CT molecular complexity index is 94.4. The molecule has 0 aliphatic carbocycles. The Hall–Kier alpha value is 0.180. The molecule has 48 valence electrons. The minimum atomic E-state index is 0. The van der Waals surface area contributed by atoms with E-state index in [0.29, 0.717) is 5.92 Å². The van der Waals surface area contributed by atoms with Gasteiger partial charge in [-0.05, 0) is 6.42 Å². The lowest BCUT2D eigenvalue weighted by Crippen LogP contribution is -2.14. The zero-order valence-electron chi connectivity index (χ0n) is 4.81. The van der Waals surface area contributed by atoms with Gasteiger partial charge in [-0.25, -0.2) is 0 Å². The van der Waals surface area contributed by atoms with E-state index in [-0.39, 0.29) is 12.4 Å². The maximum atomic E-state index is 4.93. The lowest BCUT2D eigenvalue weighted by atomic mass is 10.2. The molecule has 0 aromatic carbocycles. The van der Waals surface area contributed by atoms with E-state index in [2.05, 4.69) is 12.2 Å². The zero-order valence-corrected chi connectivity index (χ0v) is 6.44. The first-order chi connectivity index (χ1) is 3.30. The van der Waals surface area contributed by atoms with Gasteiger partial charge in [0.25, 0.3) is 0 Å². The molecule has 0 saturated carbocycles. The van der Waals surface area contributed by atoms with Crippen molar-refractivity contribution in [3.63, 3.8) is 0 Å². The van der Waals surface area contributed by atoms with Gasteiger partial charge in [-0.3, -0.25) is 0 Å². The molecule has 1 N–H and O–H groups in total. The molecule has 1 unspecified atom stereocenters. The van der Waals surface area contributed by atoms with Crippen molar-refractivity contribution in [3.8, 4) is 0 Å². The summed E-state index contributed by atoms with van der Waals surface area (Å²) >= 11 is 4.93. The third-order valence-electron chi connectivity index (χ3n) is 1.32. The number of rotatable bonds is 0. The second-order valence-corrected chi connectivity index (χ2v) is 2.42. The van der Waals surface area contributed by atoms with E-state index in [1.54, 1.807) is 0 Å². The van der Waals surface area contributed by atoms with Crippen LogP contribution in [0.25, 0.3) is 0 Å². The van der Waals surface area contributed by atoms with Gasteiger partial charge in [0.05, 0.1) is 4.99 Å². The average Bonchev–Trinajstić information content (AvgIpc) is 1.91. The number of hydrogen-bond acceptors (Lipinski definition) is 1. The number of hydrogen-bond donors (Lipinski definition) is 1. The van der Waals surface area contributed by atoms with Crippen molar-refractivity contribution in [1.29, 1.82) is 0 Å². The van der Waals surface area contributed by atoms with Crippen LogP contribution in [0.2, 0.25) is 0 Å². The van der Waals surface area contributed by atoms with Crippen molar-refractivity contribution < 1.29 is 0 Å². The quantitative estimate of drug-likeness (QED) is 0.525. The number of halogens is 1. The van der Waals surface area contributed by atoms with Crippen LogP contribution in [0.15, 0.2) is 0 Å². The van der Waals surface area contributed by atoms with E-state index in [1.165, 1.54) is 6.42 Å². The van der Waals surface area contributed by atoms with Crippen LogP contribution in [0, 0.1) is 5.92 Å². The molecule has 0 spiro atoms. The van der Waals surface area contributed by atoms with Crippen molar-refractivity contribution in [2.75, 3.05) is 6.54 Å². The second-order valence-electron chi connectivity index (χ2n) is 1.98. The molecule has 0 bridgehead atoms. The molecule has 1 saturated heterocycles. The summed E-state index contributed by atoms with van der Waals surface area (Å²) in [4.78, 5) is 1.04. The summed E-state index contributed by atoms with van der Waals surface area (Å²) in [5.41, 5.74) is 0. The van der Waals surface area contributed by atoms with Crippen LogP contribution in [0.5, 0.6) is 0 Å². The highest BCUT2D eigenvalue weighted by atomic mass is 35.5. The van der Waals surface area contributed by atoms with E-state index in [4.69, 9.17) is 12.2 Å². The van der Waals surface area contributed by atoms with Crippen LogP contribution in [-0.2, 0) is 0 Å². The van der Waals surface area contributed by atoms with Crippen LogP contribution in [0.1, 0.15) is 13.3 Å². The van der Waals surface area contributed by atoms with Gasteiger partial charge in [-0.2, -0.15) is 0 Å². The molecule has 8 heavy (non-hydrogen) atoms. The summed E-state index contributed by atoms with van der Waals surface area (Å²) in [5, 5.41) is 3.10. The number of nitrogens with one attached hydrogen (secondary N) is 1. The van der Waals surface area contributed by atoms with Gasteiger partial charge in [0.2, 0.25) is 0 Å². The first-order valence-corrected chi connectivity index (χ1v) is 2.99. The third kappa shape index (κ3) is 1.60. The highest BCUT2D eigenvalue weighted by Gasteiger charge is 2.13. The normalized spacial score (nSPS) is 26.6. The Labute approximate surface area is 61.3 Å². The predicted octanol–water partition coefficient (Wildman–Crippen LogP) is 1.36. The van der Waals surface area contributed by atoms with Crippen LogP contribution in [0.3, 0.4) is 0 Å². The Kier molecular flexibility index (Phi) is 3.33. The SMILES string of the molecule is CC1CCNC1=S.Cl. The van der Waals surface area contributed by atoms with E-state index in [9.17, 15) is 0 Å². The molecule has 1 aliphatic rings. The van der Waals surface area contributed by atoms with E-state index < -0.39 is 0 Å². The molecular weight excluding hydrogens is 142 g/mol. The van der Waals surface area contributed by atoms with Gasteiger partial charge in [0.1, 0.15) is 0 Å². The molecule has 0 aromatic heterocycles. The molecule has 1 aliphatic heterocycles. The molecule has 0 radical (unpaired) electrons. The molecule has 1 rings (SSSR count). The molecule has 1 heterocycles. The monoisotopic (exact) mass is 151 g/mol. The average molecular weight is 152 g/mol. The Morgan fingerprint density at radius 2 is 2.38 bits per heavy atom. The Morgan fingerprint density at radius 1 is 1.75 bits per heavy atom. The lowest BCUT2D eigenvalue weighted by Gasteiger charge is -1.94. The minimum Gasteiger partial charge on any atom is -0.379 e. The largest absolute Gasteiger partial charge is 0.379 e. The van der Waals surface area contributed by atoms with Gasteiger partial charge in [0.15, 0.2) is 0 Å². The summed E-state index contributed by atoms with van der Waals surface area (Å²) in [7, 11) is 0. The summed E-state index contributed by atoms with van der Waals surface area (Å²) in [6, 6.07) is 0. The molecule has 0 amide bonds. The van der Waals surface area contributed by atoms with Crippen LogP contribution in [-0.4, -0.2) is 11.5 Å². The minimum absolute atomic E-state index is 0. The fraction of sp³-hybridized carbons (Fsp3) is 0.800. The molecule has 1 atom stereocenters. The van der Waals surface area contributed by atoms with E-state index in [0.717, 1.165) is 11.5 Å². The topological polar surface area (TPSA) is 12.0 Å². The molecule has 0 aromatic rings. The summed E-state index contributed by atoms with van der Waals surface area (Å²) in [5.74, 6) is 0.634. The van der Waals surface area contributed by atoms with Crippen LogP contribution in [0.4, 0.5) is 0 Å². The third-order valence-corrected chi connectivity index (χ3v) is 1.87. The zero-order chi connectivity index (χ0) is 5.28. The smallest absolute Gasteiger partial charge is 0.0782 e. The molecular formula is C5H10ClNS. The first-order valence-electron chi connectivity index (χ1n) is 2.58. The molecule has 3 heteroatoms. The van der Waals surface area contributed by atoms with Crippen molar-refractivity contribution in [1.82, 2.24) is 5.32 Å².